The van der Waals surface area contributed by atoms with Crippen LogP contribution in [-0.4, -0.2) is 29.5 Å². The van der Waals surface area contributed by atoms with E-state index in [0.29, 0.717) is 5.56 Å². The summed E-state index contributed by atoms with van der Waals surface area (Å²) in [6.07, 6.45) is 3.61. The fourth-order valence-electron chi connectivity index (χ4n) is 3.46. The molecule has 1 aromatic heterocycles. The summed E-state index contributed by atoms with van der Waals surface area (Å²) in [4.78, 5) is 16.5. The largest absolute Gasteiger partial charge is 0.350 e. The number of carbonyl (C=O) groups excluding carboxylic acids is 1. The molecule has 3 aromatic rings. The lowest BCUT2D eigenvalue weighted by atomic mass is 10.0. The lowest BCUT2D eigenvalue weighted by Gasteiger charge is -2.41. The molecule has 4 nitrogen and oxygen atoms in total. The number of halogens is 1. The van der Waals surface area contributed by atoms with Gasteiger partial charge in [0.15, 0.2) is 0 Å². The molecule has 2 aromatic carbocycles. The van der Waals surface area contributed by atoms with E-state index in [0.717, 1.165) is 16.9 Å². The second-order valence-electron chi connectivity index (χ2n) is 6.25. The molecular formula is C20H18FN3O. The third kappa shape index (κ3) is 2.48. The van der Waals surface area contributed by atoms with E-state index in [4.69, 9.17) is 0 Å². The van der Waals surface area contributed by atoms with E-state index in [1.807, 2.05) is 60.4 Å². The average molecular weight is 335 g/mol. The van der Waals surface area contributed by atoms with Gasteiger partial charge >= 0.3 is 0 Å². The van der Waals surface area contributed by atoms with Gasteiger partial charge in [-0.1, -0.05) is 18.2 Å². The molecule has 0 N–H and O–H groups in total. The summed E-state index contributed by atoms with van der Waals surface area (Å²) >= 11 is 0. The fraction of sp³-hybridized carbons (Fsp3) is 0.150. The summed E-state index contributed by atoms with van der Waals surface area (Å²) in [6, 6.07) is 16.0. The van der Waals surface area contributed by atoms with Crippen molar-refractivity contribution in [1.82, 2.24) is 9.47 Å². The first-order valence-corrected chi connectivity index (χ1v) is 8.09. The number of hydrogen-bond donors (Lipinski definition) is 0. The predicted octanol–water partition coefficient (Wildman–Crippen LogP) is 3.84. The van der Waals surface area contributed by atoms with E-state index in [-0.39, 0.29) is 17.9 Å². The molecule has 1 aliphatic rings. The van der Waals surface area contributed by atoms with Gasteiger partial charge in [-0.2, -0.15) is 0 Å². The van der Waals surface area contributed by atoms with Gasteiger partial charge in [0.25, 0.3) is 5.91 Å². The van der Waals surface area contributed by atoms with Crippen molar-refractivity contribution in [3.63, 3.8) is 0 Å². The molecule has 0 bridgehead atoms. The number of benzene rings is 2. The van der Waals surface area contributed by atoms with Gasteiger partial charge in [0.2, 0.25) is 0 Å². The van der Waals surface area contributed by atoms with Crippen molar-refractivity contribution in [3.05, 3.63) is 83.9 Å². The van der Waals surface area contributed by atoms with E-state index >= 15 is 0 Å². The molecular weight excluding hydrogens is 317 g/mol. The van der Waals surface area contributed by atoms with Gasteiger partial charge < -0.3 is 14.4 Å². The van der Waals surface area contributed by atoms with Gasteiger partial charge in [-0.3, -0.25) is 4.79 Å². The number of carbonyl (C=O) groups is 1. The standard InChI is InChI=1S/C20H18FN3O/c1-22-18-9-4-3-8-17(18)20(25)23(2)19(22)14-10-11-24(13-14)16-7-5-6-15(21)12-16/h3-13,19H,1-2H3. The van der Waals surface area contributed by atoms with Gasteiger partial charge in [-0.25, -0.2) is 4.39 Å². The van der Waals surface area contributed by atoms with Crippen LogP contribution in [-0.2, 0) is 0 Å². The minimum Gasteiger partial charge on any atom is -0.350 e. The number of fused-ring (bicyclic) bond motifs is 1. The number of rotatable bonds is 2. The van der Waals surface area contributed by atoms with Gasteiger partial charge in [-0.15, -0.1) is 0 Å². The van der Waals surface area contributed by atoms with Crippen LogP contribution in [0.5, 0.6) is 0 Å². The maximum atomic E-state index is 13.5. The molecule has 0 spiro atoms. The molecule has 4 rings (SSSR count). The van der Waals surface area contributed by atoms with Gasteiger partial charge in [0, 0.05) is 37.7 Å². The van der Waals surface area contributed by atoms with Crippen LogP contribution in [0.1, 0.15) is 22.1 Å². The minimum absolute atomic E-state index is 0.00259. The molecule has 0 radical (unpaired) electrons. The van der Waals surface area contributed by atoms with E-state index in [1.54, 1.807) is 18.0 Å². The van der Waals surface area contributed by atoms with Crippen molar-refractivity contribution in [2.24, 2.45) is 0 Å². The van der Waals surface area contributed by atoms with E-state index in [2.05, 4.69) is 4.90 Å². The van der Waals surface area contributed by atoms with E-state index in [1.165, 1.54) is 12.1 Å². The zero-order valence-corrected chi connectivity index (χ0v) is 14.1. The molecule has 0 fully saturated rings. The Morgan fingerprint density at radius 1 is 0.960 bits per heavy atom. The Bertz CT molecular complexity index is 949. The molecule has 2 heterocycles. The quantitative estimate of drug-likeness (QED) is 0.712. The third-order valence-electron chi connectivity index (χ3n) is 4.69. The number of para-hydroxylation sites is 1. The van der Waals surface area contributed by atoms with Crippen LogP contribution < -0.4 is 4.90 Å². The molecule has 1 unspecified atom stereocenters. The molecule has 1 atom stereocenters. The number of amides is 1. The first-order chi connectivity index (χ1) is 12.1. The van der Waals surface area contributed by atoms with E-state index in [9.17, 15) is 9.18 Å². The summed E-state index contributed by atoms with van der Waals surface area (Å²) in [5.41, 5.74) is 3.33. The smallest absolute Gasteiger partial charge is 0.257 e. The summed E-state index contributed by atoms with van der Waals surface area (Å²) in [7, 11) is 3.78. The zero-order chi connectivity index (χ0) is 17.6. The Kier molecular flexibility index (Phi) is 3.57. The average Bonchev–Trinajstić information content (AvgIpc) is 3.10. The molecule has 1 aliphatic heterocycles. The minimum atomic E-state index is -0.274. The first kappa shape index (κ1) is 15.4. The highest BCUT2D eigenvalue weighted by atomic mass is 19.1. The van der Waals surface area contributed by atoms with Crippen LogP contribution in [0.3, 0.4) is 0 Å². The molecule has 0 saturated heterocycles. The molecule has 126 valence electrons. The van der Waals surface area contributed by atoms with Crippen LogP contribution in [0.2, 0.25) is 0 Å². The predicted molar refractivity (Wildman–Crippen MR) is 95.4 cm³/mol. The first-order valence-electron chi connectivity index (χ1n) is 8.09. The Morgan fingerprint density at radius 2 is 1.76 bits per heavy atom. The van der Waals surface area contributed by atoms with Gasteiger partial charge in [0.1, 0.15) is 12.0 Å². The SMILES string of the molecule is CN1C(=O)c2ccccc2N(C)C1c1ccn(-c2cccc(F)c2)c1. The van der Waals surface area contributed by atoms with Crippen LogP contribution in [0.25, 0.3) is 5.69 Å². The lowest BCUT2D eigenvalue weighted by Crippen LogP contribution is -2.45. The molecule has 0 saturated carbocycles. The van der Waals surface area contributed by atoms with Crippen LogP contribution >= 0.6 is 0 Å². The maximum Gasteiger partial charge on any atom is 0.257 e. The zero-order valence-electron chi connectivity index (χ0n) is 14.1. The topological polar surface area (TPSA) is 28.5 Å². The molecule has 1 amide bonds. The summed E-state index contributed by atoms with van der Waals surface area (Å²) in [5, 5.41) is 0. The van der Waals surface area contributed by atoms with Crippen LogP contribution in [0.4, 0.5) is 10.1 Å². The van der Waals surface area contributed by atoms with Crippen molar-refractivity contribution in [2.45, 2.75) is 6.17 Å². The third-order valence-corrected chi connectivity index (χ3v) is 4.69. The highest BCUT2D eigenvalue weighted by Gasteiger charge is 2.34. The van der Waals surface area contributed by atoms with Crippen molar-refractivity contribution < 1.29 is 9.18 Å². The highest BCUT2D eigenvalue weighted by Crippen LogP contribution is 2.36. The monoisotopic (exact) mass is 335 g/mol. The molecule has 0 aliphatic carbocycles. The summed E-state index contributed by atoms with van der Waals surface area (Å²) in [5.74, 6) is -0.277. The maximum absolute atomic E-state index is 13.5. The van der Waals surface area contributed by atoms with Crippen molar-refractivity contribution in [3.8, 4) is 5.69 Å². The second-order valence-corrected chi connectivity index (χ2v) is 6.25. The van der Waals surface area contributed by atoms with Gasteiger partial charge in [0.05, 0.1) is 11.3 Å². The summed E-state index contributed by atoms with van der Waals surface area (Å²) < 4.78 is 15.3. The van der Waals surface area contributed by atoms with E-state index < -0.39 is 0 Å². The summed E-state index contributed by atoms with van der Waals surface area (Å²) in [6.45, 7) is 0. The normalized spacial score (nSPS) is 16.9. The molecule has 5 heteroatoms. The van der Waals surface area contributed by atoms with Gasteiger partial charge in [-0.05, 0) is 36.4 Å². The number of nitrogens with zero attached hydrogens (tertiary/aromatic N) is 3. The fourth-order valence-corrected chi connectivity index (χ4v) is 3.46. The number of aromatic nitrogens is 1. The number of hydrogen-bond acceptors (Lipinski definition) is 2. The van der Waals surface area contributed by atoms with Crippen molar-refractivity contribution >= 4 is 11.6 Å². The number of anilines is 1. The molecule has 25 heavy (non-hydrogen) atoms. The van der Waals surface area contributed by atoms with Crippen molar-refractivity contribution in [1.29, 1.82) is 0 Å². The Morgan fingerprint density at radius 3 is 2.56 bits per heavy atom. The van der Waals surface area contributed by atoms with Crippen molar-refractivity contribution in [2.75, 3.05) is 19.0 Å². The van der Waals surface area contributed by atoms with Crippen LogP contribution in [0.15, 0.2) is 67.0 Å². The second kappa shape index (κ2) is 5.77. The van der Waals surface area contributed by atoms with Crippen LogP contribution in [0, 0.1) is 5.82 Å². The Labute approximate surface area is 145 Å². The Hall–Kier alpha value is -3.08. The Balaban J connectivity index is 1.74. The lowest BCUT2D eigenvalue weighted by molar-refractivity contribution is 0.0711. The highest BCUT2D eigenvalue weighted by molar-refractivity contribution is 6.01.